The number of nitrogens with two attached hydrogens (primary N) is 3. The van der Waals surface area contributed by atoms with Crippen LogP contribution in [0.25, 0.3) is 5.70 Å². The average molecular weight is 177 g/mol. The summed E-state index contributed by atoms with van der Waals surface area (Å²) in [5.41, 5.74) is 19.8. The second kappa shape index (κ2) is 3.85. The average Bonchev–Trinajstić information content (AvgIpc) is 2.10. The fourth-order valence-electron chi connectivity index (χ4n) is 1.09. The fourth-order valence-corrected chi connectivity index (χ4v) is 1.09. The lowest BCUT2D eigenvalue weighted by molar-refractivity contribution is 1.22. The van der Waals surface area contributed by atoms with E-state index in [4.69, 9.17) is 17.2 Å². The van der Waals surface area contributed by atoms with E-state index in [9.17, 15) is 0 Å². The molecule has 0 atom stereocenters. The summed E-state index contributed by atoms with van der Waals surface area (Å²) in [6, 6.07) is 5.42. The van der Waals surface area contributed by atoms with E-state index in [0.29, 0.717) is 11.4 Å². The molecule has 3 heteroatoms. The normalized spacial score (nSPS) is 11.6. The lowest BCUT2D eigenvalue weighted by Gasteiger charge is -2.04. The summed E-state index contributed by atoms with van der Waals surface area (Å²) in [6.07, 6.45) is 2.86. The van der Waals surface area contributed by atoms with Gasteiger partial charge < -0.3 is 17.2 Å². The van der Waals surface area contributed by atoms with Crippen LogP contribution in [0.1, 0.15) is 18.9 Å². The Balaban J connectivity index is 3.04. The van der Waals surface area contributed by atoms with Crippen LogP contribution in [0.2, 0.25) is 0 Å². The quantitative estimate of drug-likeness (QED) is 0.600. The van der Waals surface area contributed by atoms with Crippen molar-refractivity contribution in [2.75, 3.05) is 11.5 Å². The van der Waals surface area contributed by atoms with Crippen LogP contribution in [0.5, 0.6) is 0 Å². The van der Waals surface area contributed by atoms with E-state index in [2.05, 4.69) is 0 Å². The van der Waals surface area contributed by atoms with Crippen molar-refractivity contribution in [3.63, 3.8) is 0 Å². The number of benzene rings is 1. The summed E-state index contributed by atoms with van der Waals surface area (Å²) < 4.78 is 0. The van der Waals surface area contributed by atoms with E-state index in [0.717, 1.165) is 17.7 Å². The van der Waals surface area contributed by atoms with Gasteiger partial charge in [0.1, 0.15) is 0 Å². The predicted molar refractivity (Wildman–Crippen MR) is 57.7 cm³/mol. The molecule has 0 aliphatic rings. The Hall–Kier alpha value is -1.64. The summed E-state index contributed by atoms with van der Waals surface area (Å²) in [4.78, 5) is 0. The van der Waals surface area contributed by atoms with Crippen molar-refractivity contribution in [2.24, 2.45) is 5.73 Å². The van der Waals surface area contributed by atoms with Gasteiger partial charge in [-0.05, 0) is 24.1 Å². The molecule has 0 saturated carbocycles. The molecule has 0 saturated heterocycles. The summed E-state index contributed by atoms with van der Waals surface area (Å²) in [6.45, 7) is 2.04. The van der Waals surface area contributed by atoms with E-state index in [1.165, 1.54) is 0 Å². The van der Waals surface area contributed by atoms with Crippen LogP contribution in [0.3, 0.4) is 0 Å². The molecule has 1 aromatic carbocycles. The fraction of sp³-hybridized carbons (Fsp3) is 0.200. The lowest BCUT2D eigenvalue weighted by Crippen LogP contribution is -2.00. The van der Waals surface area contributed by atoms with Gasteiger partial charge >= 0.3 is 0 Å². The van der Waals surface area contributed by atoms with Crippen LogP contribution < -0.4 is 17.2 Å². The molecular formula is C10H15N3. The summed E-state index contributed by atoms with van der Waals surface area (Å²) in [7, 11) is 0. The summed E-state index contributed by atoms with van der Waals surface area (Å²) in [5, 5.41) is 0. The van der Waals surface area contributed by atoms with Crippen molar-refractivity contribution in [2.45, 2.75) is 13.3 Å². The number of allylic oxidation sites excluding steroid dienone is 1. The number of rotatable bonds is 2. The molecule has 1 rings (SSSR count). The van der Waals surface area contributed by atoms with Crippen LogP contribution in [0.15, 0.2) is 24.3 Å². The van der Waals surface area contributed by atoms with Gasteiger partial charge in [0.25, 0.3) is 0 Å². The van der Waals surface area contributed by atoms with E-state index >= 15 is 0 Å². The van der Waals surface area contributed by atoms with Gasteiger partial charge in [-0.15, -0.1) is 0 Å². The molecule has 70 valence electrons. The van der Waals surface area contributed by atoms with Gasteiger partial charge in [0.2, 0.25) is 0 Å². The molecule has 6 N–H and O–H groups in total. The first kappa shape index (κ1) is 9.45. The molecule has 0 aliphatic heterocycles. The highest BCUT2D eigenvalue weighted by molar-refractivity contribution is 5.72. The Bertz CT molecular complexity index is 329. The predicted octanol–water partition coefficient (Wildman–Crippen LogP) is 1.56. The second-order valence-electron chi connectivity index (χ2n) is 2.91. The zero-order chi connectivity index (χ0) is 9.84. The van der Waals surface area contributed by atoms with Crippen LogP contribution in [-0.4, -0.2) is 0 Å². The third-order valence-corrected chi connectivity index (χ3v) is 1.84. The molecule has 0 unspecified atom stereocenters. The van der Waals surface area contributed by atoms with Gasteiger partial charge in [-0.1, -0.05) is 19.1 Å². The van der Waals surface area contributed by atoms with Crippen molar-refractivity contribution in [3.8, 4) is 0 Å². The van der Waals surface area contributed by atoms with Crippen molar-refractivity contribution in [1.29, 1.82) is 0 Å². The Morgan fingerprint density at radius 2 is 2.00 bits per heavy atom. The van der Waals surface area contributed by atoms with E-state index in [1.54, 1.807) is 12.1 Å². The van der Waals surface area contributed by atoms with Gasteiger partial charge in [-0.25, -0.2) is 0 Å². The Morgan fingerprint density at radius 3 is 2.54 bits per heavy atom. The molecular weight excluding hydrogens is 162 g/mol. The maximum Gasteiger partial charge on any atom is 0.0554 e. The van der Waals surface area contributed by atoms with Gasteiger partial charge in [0.15, 0.2) is 0 Å². The van der Waals surface area contributed by atoms with Crippen molar-refractivity contribution < 1.29 is 0 Å². The molecule has 0 bridgehead atoms. The highest BCUT2D eigenvalue weighted by atomic mass is 14.7. The Labute approximate surface area is 78.2 Å². The molecule has 0 spiro atoms. The summed E-state index contributed by atoms with van der Waals surface area (Å²) >= 11 is 0. The van der Waals surface area contributed by atoms with E-state index in [1.807, 2.05) is 19.1 Å². The molecule has 1 aromatic rings. The Morgan fingerprint density at radius 1 is 1.31 bits per heavy atom. The van der Waals surface area contributed by atoms with E-state index in [-0.39, 0.29) is 0 Å². The van der Waals surface area contributed by atoms with Gasteiger partial charge in [0.05, 0.1) is 11.4 Å². The monoisotopic (exact) mass is 177 g/mol. The molecule has 0 radical (unpaired) electrons. The topological polar surface area (TPSA) is 78.1 Å². The number of hydrogen-bond donors (Lipinski definition) is 3. The van der Waals surface area contributed by atoms with Gasteiger partial charge in [-0.2, -0.15) is 0 Å². The van der Waals surface area contributed by atoms with E-state index < -0.39 is 0 Å². The molecule has 0 amide bonds. The zero-order valence-electron chi connectivity index (χ0n) is 7.75. The largest absolute Gasteiger partial charge is 0.399 e. The number of nitrogen functional groups attached to an aromatic ring is 2. The maximum atomic E-state index is 5.79. The van der Waals surface area contributed by atoms with Crippen molar-refractivity contribution in [3.05, 3.63) is 29.8 Å². The third kappa shape index (κ3) is 2.15. The lowest BCUT2D eigenvalue weighted by atomic mass is 10.1. The van der Waals surface area contributed by atoms with Crippen molar-refractivity contribution in [1.82, 2.24) is 0 Å². The van der Waals surface area contributed by atoms with Crippen LogP contribution in [0.4, 0.5) is 11.4 Å². The third-order valence-electron chi connectivity index (χ3n) is 1.84. The van der Waals surface area contributed by atoms with Gasteiger partial charge in [0, 0.05) is 5.70 Å². The van der Waals surface area contributed by atoms with Crippen molar-refractivity contribution >= 4 is 17.1 Å². The Kier molecular flexibility index (Phi) is 2.80. The molecule has 3 nitrogen and oxygen atoms in total. The highest BCUT2D eigenvalue weighted by Gasteiger charge is 1.98. The maximum absolute atomic E-state index is 5.79. The SMILES string of the molecule is CC/C=C(\N)c1ccc(N)c(N)c1. The minimum atomic E-state index is 0.574. The molecule has 0 fully saturated rings. The first-order valence-electron chi connectivity index (χ1n) is 4.26. The first-order valence-corrected chi connectivity index (χ1v) is 4.26. The highest BCUT2D eigenvalue weighted by Crippen LogP contribution is 2.19. The number of hydrogen-bond acceptors (Lipinski definition) is 3. The molecule has 0 heterocycles. The standard InChI is InChI=1S/C10H15N3/c1-2-3-8(11)7-4-5-9(12)10(13)6-7/h3-6H,2,11-13H2,1H3/b8-3-. The minimum Gasteiger partial charge on any atom is -0.399 e. The smallest absolute Gasteiger partial charge is 0.0554 e. The van der Waals surface area contributed by atoms with Gasteiger partial charge in [-0.3, -0.25) is 0 Å². The number of anilines is 2. The molecule has 13 heavy (non-hydrogen) atoms. The minimum absolute atomic E-state index is 0.574. The van der Waals surface area contributed by atoms with Crippen LogP contribution in [-0.2, 0) is 0 Å². The second-order valence-corrected chi connectivity index (χ2v) is 2.91. The first-order chi connectivity index (χ1) is 6.15. The molecule has 0 aromatic heterocycles. The summed E-state index contributed by atoms with van der Waals surface area (Å²) in [5.74, 6) is 0. The van der Waals surface area contributed by atoms with Crippen LogP contribution >= 0.6 is 0 Å². The molecule has 0 aliphatic carbocycles. The zero-order valence-corrected chi connectivity index (χ0v) is 7.75. The van der Waals surface area contributed by atoms with Crippen LogP contribution in [0, 0.1) is 0 Å².